The minimum Gasteiger partial charge on any atom is -0.495 e. The quantitative estimate of drug-likeness (QED) is 0.627. The number of rotatable bonds is 7. The van der Waals surface area contributed by atoms with Gasteiger partial charge in [0, 0.05) is 30.1 Å². The number of hydrogen-bond donors (Lipinski definition) is 2. The summed E-state index contributed by atoms with van der Waals surface area (Å²) in [5.74, 6) is -0.144. The fourth-order valence-electron chi connectivity index (χ4n) is 2.82. The molecular formula is C20H20F2N4O3. The van der Waals surface area contributed by atoms with Crippen molar-refractivity contribution in [3.8, 4) is 28.8 Å². The lowest BCUT2D eigenvalue weighted by atomic mass is 10.1. The molecule has 1 aromatic carbocycles. The Morgan fingerprint density at radius 2 is 2.03 bits per heavy atom. The molecule has 9 heteroatoms. The molecule has 0 aliphatic heterocycles. The van der Waals surface area contributed by atoms with Crippen LogP contribution < -0.4 is 14.8 Å². The van der Waals surface area contributed by atoms with Crippen molar-refractivity contribution in [1.29, 1.82) is 5.26 Å². The van der Waals surface area contributed by atoms with Gasteiger partial charge in [0.2, 0.25) is 0 Å². The van der Waals surface area contributed by atoms with E-state index in [1.165, 1.54) is 13.2 Å². The minimum absolute atomic E-state index is 0.108. The number of benzene rings is 1. The summed E-state index contributed by atoms with van der Waals surface area (Å²) in [6.45, 7) is 0.680. The zero-order valence-electron chi connectivity index (χ0n) is 16.1. The largest absolute Gasteiger partial charge is 0.495 e. The standard InChI is InChI=1S/C20H20F2N4O3/c1-20(2,27)11-25-13-4-5-26-15(10-24-18(26)8-13)12-6-16(28-3)14(9-23)17(7-12)29-19(21)22/h4-8,10,19,25,27H,11H2,1-3H3. The second kappa shape index (κ2) is 7.93. The van der Waals surface area contributed by atoms with Gasteiger partial charge in [0.1, 0.15) is 28.8 Å². The molecular weight excluding hydrogens is 382 g/mol. The predicted molar refractivity (Wildman–Crippen MR) is 103 cm³/mol. The predicted octanol–water partition coefficient (Wildman–Crippen LogP) is 3.67. The van der Waals surface area contributed by atoms with Gasteiger partial charge in [-0.05, 0) is 32.0 Å². The van der Waals surface area contributed by atoms with Crippen LogP contribution in [0.1, 0.15) is 19.4 Å². The molecule has 2 aromatic heterocycles. The van der Waals surface area contributed by atoms with Crippen molar-refractivity contribution < 1.29 is 23.4 Å². The molecule has 0 saturated carbocycles. The number of anilines is 1. The second-order valence-corrected chi connectivity index (χ2v) is 6.99. The van der Waals surface area contributed by atoms with Crippen LogP contribution in [-0.4, -0.2) is 40.4 Å². The fourth-order valence-corrected chi connectivity index (χ4v) is 2.82. The van der Waals surface area contributed by atoms with E-state index in [1.54, 1.807) is 48.8 Å². The molecule has 0 aliphatic carbocycles. The molecule has 0 amide bonds. The Bertz CT molecular complexity index is 1070. The lowest BCUT2D eigenvalue weighted by Crippen LogP contribution is -2.29. The maximum absolute atomic E-state index is 12.8. The summed E-state index contributed by atoms with van der Waals surface area (Å²) in [4.78, 5) is 4.35. The molecule has 0 atom stereocenters. The van der Waals surface area contributed by atoms with Gasteiger partial charge in [-0.2, -0.15) is 14.0 Å². The molecule has 7 nitrogen and oxygen atoms in total. The van der Waals surface area contributed by atoms with Crippen molar-refractivity contribution in [2.75, 3.05) is 19.0 Å². The third kappa shape index (κ3) is 4.55. The highest BCUT2D eigenvalue weighted by atomic mass is 19.3. The zero-order chi connectivity index (χ0) is 21.2. The molecule has 152 valence electrons. The Balaban J connectivity index is 2.03. The average Bonchev–Trinajstić information content (AvgIpc) is 3.08. The van der Waals surface area contributed by atoms with Crippen molar-refractivity contribution in [2.45, 2.75) is 26.1 Å². The van der Waals surface area contributed by atoms with Crippen molar-refractivity contribution in [3.63, 3.8) is 0 Å². The number of alkyl halides is 2. The van der Waals surface area contributed by atoms with Crippen molar-refractivity contribution >= 4 is 11.3 Å². The third-order valence-corrected chi connectivity index (χ3v) is 4.15. The zero-order valence-corrected chi connectivity index (χ0v) is 16.1. The van der Waals surface area contributed by atoms with Gasteiger partial charge in [0.15, 0.2) is 0 Å². The first-order valence-electron chi connectivity index (χ1n) is 8.72. The number of ether oxygens (including phenoxy) is 2. The van der Waals surface area contributed by atoms with E-state index in [0.717, 1.165) is 5.69 Å². The number of methoxy groups -OCH3 is 1. The number of pyridine rings is 1. The molecule has 0 radical (unpaired) electrons. The maximum Gasteiger partial charge on any atom is 0.387 e. The molecule has 0 spiro atoms. The van der Waals surface area contributed by atoms with E-state index in [2.05, 4.69) is 15.0 Å². The van der Waals surface area contributed by atoms with Gasteiger partial charge < -0.3 is 19.9 Å². The molecule has 2 N–H and O–H groups in total. The Hall–Kier alpha value is -3.38. The minimum atomic E-state index is -3.08. The van der Waals surface area contributed by atoms with Crippen molar-refractivity contribution in [3.05, 3.63) is 42.2 Å². The molecule has 3 rings (SSSR count). The molecule has 0 saturated heterocycles. The number of nitriles is 1. The number of nitrogens with zero attached hydrogens (tertiary/aromatic N) is 3. The molecule has 0 bridgehead atoms. The van der Waals surface area contributed by atoms with Gasteiger partial charge in [-0.1, -0.05) is 0 Å². The highest BCUT2D eigenvalue weighted by molar-refractivity contribution is 5.71. The maximum atomic E-state index is 12.8. The molecule has 0 fully saturated rings. The number of aromatic nitrogens is 2. The van der Waals surface area contributed by atoms with Gasteiger partial charge >= 0.3 is 6.61 Å². The van der Waals surface area contributed by atoms with Crippen LogP contribution in [0.25, 0.3) is 16.9 Å². The van der Waals surface area contributed by atoms with E-state index in [9.17, 15) is 19.1 Å². The van der Waals surface area contributed by atoms with E-state index in [0.29, 0.717) is 23.4 Å². The Kier molecular flexibility index (Phi) is 5.57. The van der Waals surface area contributed by atoms with Crippen LogP contribution in [0.2, 0.25) is 0 Å². The summed E-state index contributed by atoms with van der Waals surface area (Å²) in [5.41, 5.74) is 1.52. The Morgan fingerprint density at radius 3 is 2.66 bits per heavy atom. The smallest absolute Gasteiger partial charge is 0.387 e. The Labute approximate surface area is 166 Å². The van der Waals surface area contributed by atoms with Crippen LogP contribution in [0.5, 0.6) is 11.5 Å². The molecule has 3 aromatic rings. The van der Waals surface area contributed by atoms with E-state index in [-0.39, 0.29) is 17.1 Å². The summed E-state index contributed by atoms with van der Waals surface area (Å²) >= 11 is 0. The number of imidazole rings is 1. The first-order valence-corrected chi connectivity index (χ1v) is 8.72. The highest BCUT2D eigenvalue weighted by Gasteiger charge is 2.19. The molecule has 0 aliphatic rings. The first kappa shape index (κ1) is 20.4. The highest BCUT2D eigenvalue weighted by Crippen LogP contribution is 2.35. The van der Waals surface area contributed by atoms with Crippen LogP contribution in [-0.2, 0) is 0 Å². The lowest BCUT2D eigenvalue weighted by molar-refractivity contribution is -0.0500. The van der Waals surface area contributed by atoms with Gasteiger partial charge in [-0.15, -0.1) is 0 Å². The topological polar surface area (TPSA) is 91.8 Å². The normalized spacial score (nSPS) is 11.5. The molecule has 29 heavy (non-hydrogen) atoms. The summed E-state index contributed by atoms with van der Waals surface area (Å²) in [6.07, 6.45) is 3.35. The van der Waals surface area contributed by atoms with Gasteiger partial charge in [0.05, 0.1) is 24.6 Å². The van der Waals surface area contributed by atoms with E-state index < -0.39 is 12.2 Å². The number of halogens is 2. The number of aliphatic hydroxyl groups is 1. The van der Waals surface area contributed by atoms with Crippen molar-refractivity contribution in [2.24, 2.45) is 0 Å². The third-order valence-electron chi connectivity index (χ3n) is 4.15. The average molecular weight is 402 g/mol. The Morgan fingerprint density at radius 1 is 1.31 bits per heavy atom. The summed E-state index contributed by atoms with van der Waals surface area (Å²) in [6, 6.07) is 8.36. The monoisotopic (exact) mass is 402 g/mol. The summed E-state index contributed by atoms with van der Waals surface area (Å²) < 4.78 is 37.0. The van der Waals surface area contributed by atoms with Crippen LogP contribution in [0.3, 0.4) is 0 Å². The van der Waals surface area contributed by atoms with Gasteiger partial charge in [0.25, 0.3) is 0 Å². The molecule has 0 unspecified atom stereocenters. The number of nitrogens with one attached hydrogen (secondary N) is 1. The number of fused-ring (bicyclic) bond motifs is 1. The van der Waals surface area contributed by atoms with Gasteiger partial charge in [-0.25, -0.2) is 4.98 Å². The van der Waals surface area contributed by atoms with Crippen LogP contribution in [0.15, 0.2) is 36.7 Å². The van der Waals surface area contributed by atoms with Crippen LogP contribution in [0, 0.1) is 11.3 Å². The second-order valence-electron chi connectivity index (χ2n) is 6.99. The summed E-state index contributed by atoms with van der Waals surface area (Å²) in [7, 11) is 1.35. The van der Waals surface area contributed by atoms with E-state index >= 15 is 0 Å². The van der Waals surface area contributed by atoms with Crippen LogP contribution >= 0.6 is 0 Å². The van der Waals surface area contributed by atoms with E-state index in [1.807, 2.05) is 6.07 Å². The summed E-state index contributed by atoms with van der Waals surface area (Å²) in [5, 5.41) is 22.2. The fraction of sp³-hybridized carbons (Fsp3) is 0.300. The van der Waals surface area contributed by atoms with Crippen LogP contribution in [0.4, 0.5) is 14.5 Å². The SMILES string of the molecule is COc1cc(-c2cnc3cc(NCC(C)(C)O)ccn23)cc(OC(F)F)c1C#N. The van der Waals surface area contributed by atoms with E-state index in [4.69, 9.17) is 4.74 Å². The first-order chi connectivity index (χ1) is 13.7. The van der Waals surface area contributed by atoms with Crippen molar-refractivity contribution in [1.82, 2.24) is 9.38 Å². The lowest BCUT2D eigenvalue weighted by Gasteiger charge is -2.18. The molecule has 2 heterocycles. The van der Waals surface area contributed by atoms with Gasteiger partial charge in [-0.3, -0.25) is 4.40 Å². The number of hydrogen-bond acceptors (Lipinski definition) is 6.